The molecule has 0 bridgehead atoms. The standard InChI is InChI=1S/C15H25N3O4S/c1-17(10-6-14-4-8-16-9-5-14)15(19)7-11-18(12-13-22-2)23(3,20)21/h4-5,8-9H,6-7,10-13H2,1-3H3. The molecular formula is C15H25N3O4S. The van der Waals surface area contributed by atoms with Crippen molar-refractivity contribution in [3.05, 3.63) is 30.1 Å². The van der Waals surface area contributed by atoms with Crippen LogP contribution in [0.2, 0.25) is 0 Å². The van der Waals surface area contributed by atoms with Gasteiger partial charge in [-0.15, -0.1) is 0 Å². The summed E-state index contributed by atoms with van der Waals surface area (Å²) in [4.78, 5) is 17.7. The van der Waals surface area contributed by atoms with Gasteiger partial charge in [0, 0.05) is 52.6 Å². The van der Waals surface area contributed by atoms with Gasteiger partial charge >= 0.3 is 0 Å². The van der Waals surface area contributed by atoms with Crippen molar-refractivity contribution < 1.29 is 17.9 Å². The lowest BCUT2D eigenvalue weighted by molar-refractivity contribution is -0.130. The number of nitrogens with zero attached hydrogens (tertiary/aromatic N) is 3. The van der Waals surface area contributed by atoms with Crippen LogP contribution in [0, 0.1) is 0 Å². The van der Waals surface area contributed by atoms with E-state index in [1.807, 2.05) is 12.1 Å². The Bertz CT molecular complexity index is 578. The molecule has 1 aromatic heterocycles. The Morgan fingerprint density at radius 1 is 1.22 bits per heavy atom. The minimum atomic E-state index is -3.34. The van der Waals surface area contributed by atoms with Crippen molar-refractivity contribution in [1.29, 1.82) is 0 Å². The van der Waals surface area contributed by atoms with Crippen molar-refractivity contribution in [2.45, 2.75) is 12.8 Å². The number of pyridine rings is 1. The Kier molecular flexibility index (Phi) is 8.15. The molecule has 8 heteroatoms. The number of sulfonamides is 1. The first-order chi connectivity index (χ1) is 10.8. The SMILES string of the molecule is COCCN(CCC(=O)N(C)CCc1ccncc1)S(C)(=O)=O. The molecule has 0 N–H and O–H groups in total. The lowest BCUT2D eigenvalue weighted by Gasteiger charge is -2.22. The minimum absolute atomic E-state index is 0.0786. The molecular weight excluding hydrogens is 318 g/mol. The van der Waals surface area contributed by atoms with E-state index < -0.39 is 10.0 Å². The summed E-state index contributed by atoms with van der Waals surface area (Å²) in [6, 6.07) is 3.82. The molecule has 0 aliphatic heterocycles. The van der Waals surface area contributed by atoms with Crippen molar-refractivity contribution in [2.24, 2.45) is 0 Å². The number of rotatable bonds is 10. The van der Waals surface area contributed by atoms with E-state index in [4.69, 9.17) is 4.74 Å². The van der Waals surface area contributed by atoms with Crippen LogP contribution in [0.25, 0.3) is 0 Å². The van der Waals surface area contributed by atoms with E-state index >= 15 is 0 Å². The Morgan fingerprint density at radius 3 is 2.43 bits per heavy atom. The van der Waals surface area contributed by atoms with Gasteiger partial charge in [0.25, 0.3) is 0 Å². The van der Waals surface area contributed by atoms with Crippen LogP contribution in [-0.2, 0) is 26.0 Å². The predicted molar refractivity (Wildman–Crippen MR) is 88.5 cm³/mol. The molecule has 7 nitrogen and oxygen atoms in total. The van der Waals surface area contributed by atoms with Crippen molar-refractivity contribution in [3.8, 4) is 0 Å². The summed E-state index contributed by atoms with van der Waals surface area (Å²) in [5.41, 5.74) is 1.11. The number of methoxy groups -OCH3 is 1. The highest BCUT2D eigenvalue weighted by molar-refractivity contribution is 7.88. The van der Waals surface area contributed by atoms with E-state index in [1.54, 1.807) is 24.3 Å². The minimum Gasteiger partial charge on any atom is -0.383 e. The molecule has 0 radical (unpaired) electrons. The predicted octanol–water partition coefficient (Wildman–Crippen LogP) is 0.381. The highest BCUT2D eigenvalue weighted by Crippen LogP contribution is 2.03. The molecule has 1 heterocycles. The third-order valence-corrected chi connectivity index (χ3v) is 4.80. The molecule has 0 atom stereocenters. The fourth-order valence-corrected chi connectivity index (χ4v) is 2.85. The van der Waals surface area contributed by atoms with Gasteiger partial charge in [0.2, 0.25) is 15.9 Å². The smallest absolute Gasteiger partial charge is 0.223 e. The Morgan fingerprint density at radius 2 is 1.87 bits per heavy atom. The zero-order valence-corrected chi connectivity index (χ0v) is 14.8. The van der Waals surface area contributed by atoms with Gasteiger partial charge in [0.05, 0.1) is 12.9 Å². The zero-order chi connectivity index (χ0) is 17.3. The maximum atomic E-state index is 12.1. The Balaban J connectivity index is 2.44. The van der Waals surface area contributed by atoms with Crippen LogP contribution in [0.5, 0.6) is 0 Å². The first-order valence-corrected chi connectivity index (χ1v) is 9.26. The van der Waals surface area contributed by atoms with Crippen LogP contribution in [0.15, 0.2) is 24.5 Å². The fourth-order valence-electron chi connectivity index (χ4n) is 2.02. The maximum absolute atomic E-state index is 12.1. The number of ether oxygens (including phenoxy) is 1. The van der Waals surface area contributed by atoms with E-state index in [0.717, 1.165) is 18.2 Å². The second kappa shape index (κ2) is 9.59. The molecule has 0 aliphatic carbocycles. The summed E-state index contributed by atoms with van der Waals surface area (Å²) in [7, 11) is -0.100. The van der Waals surface area contributed by atoms with Gasteiger partial charge < -0.3 is 9.64 Å². The molecule has 0 aromatic carbocycles. The molecule has 23 heavy (non-hydrogen) atoms. The normalized spacial score (nSPS) is 11.7. The van der Waals surface area contributed by atoms with Gasteiger partial charge in [-0.2, -0.15) is 4.31 Å². The lowest BCUT2D eigenvalue weighted by atomic mass is 10.2. The first-order valence-electron chi connectivity index (χ1n) is 7.41. The molecule has 1 aromatic rings. The Hall–Kier alpha value is -1.51. The number of hydrogen-bond acceptors (Lipinski definition) is 5. The van der Waals surface area contributed by atoms with Crippen LogP contribution in [-0.4, -0.2) is 75.2 Å². The summed E-state index contributed by atoms with van der Waals surface area (Å²) in [6.45, 7) is 1.31. The molecule has 1 rings (SSSR count). The van der Waals surface area contributed by atoms with Crippen LogP contribution in [0.3, 0.4) is 0 Å². The monoisotopic (exact) mass is 343 g/mol. The summed E-state index contributed by atoms with van der Waals surface area (Å²) in [5, 5.41) is 0. The average Bonchev–Trinajstić information content (AvgIpc) is 2.52. The summed E-state index contributed by atoms with van der Waals surface area (Å²) in [6.07, 6.45) is 5.47. The van der Waals surface area contributed by atoms with Crippen molar-refractivity contribution in [3.63, 3.8) is 0 Å². The first kappa shape index (κ1) is 19.5. The second-order valence-corrected chi connectivity index (χ2v) is 7.31. The number of aromatic nitrogens is 1. The largest absolute Gasteiger partial charge is 0.383 e. The molecule has 1 amide bonds. The van der Waals surface area contributed by atoms with Gasteiger partial charge in [0.1, 0.15) is 0 Å². The van der Waals surface area contributed by atoms with Gasteiger partial charge in [0.15, 0.2) is 0 Å². The van der Waals surface area contributed by atoms with Crippen molar-refractivity contribution in [2.75, 3.05) is 46.7 Å². The second-order valence-electron chi connectivity index (χ2n) is 5.33. The fraction of sp³-hybridized carbons (Fsp3) is 0.600. The van der Waals surface area contributed by atoms with Crippen LogP contribution < -0.4 is 0 Å². The lowest BCUT2D eigenvalue weighted by Crippen LogP contribution is -2.37. The van der Waals surface area contributed by atoms with Gasteiger partial charge in [-0.3, -0.25) is 9.78 Å². The molecule has 0 spiro atoms. The van der Waals surface area contributed by atoms with Crippen molar-refractivity contribution in [1.82, 2.24) is 14.2 Å². The van der Waals surface area contributed by atoms with Crippen LogP contribution in [0.1, 0.15) is 12.0 Å². The third kappa shape index (κ3) is 7.54. The number of carbonyl (C=O) groups excluding carboxylic acids is 1. The average molecular weight is 343 g/mol. The van der Waals surface area contributed by atoms with Crippen LogP contribution in [0.4, 0.5) is 0 Å². The maximum Gasteiger partial charge on any atom is 0.223 e. The molecule has 0 saturated heterocycles. The number of hydrogen-bond donors (Lipinski definition) is 0. The van der Waals surface area contributed by atoms with Gasteiger partial charge in [-0.05, 0) is 24.1 Å². The van der Waals surface area contributed by atoms with E-state index in [2.05, 4.69) is 4.98 Å². The van der Waals surface area contributed by atoms with Gasteiger partial charge in [-0.1, -0.05) is 0 Å². The number of likely N-dealkylation sites (N-methyl/N-ethyl adjacent to an activating group) is 1. The Labute approximate surface area is 138 Å². The highest BCUT2D eigenvalue weighted by Gasteiger charge is 2.18. The topological polar surface area (TPSA) is 79.8 Å². The highest BCUT2D eigenvalue weighted by atomic mass is 32.2. The molecule has 0 fully saturated rings. The molecule has 0 saturated carbocycles. The molecule has 0 aliphatic rings. The summed E-state index contributed by atoms with van der Waals surface area (Å²) >= 11 is 0. The molecule has 0 unspecified atom stereocenters. The van der Waals surface area contributed by atoms with Crippen LogP contribution >= 0.6 is 0 Å². The number of amides is 1. The molecule has 130 valence electrons. The van der Waals surface area contributed by atoms with E-state index in [9.17, 15) is 13.2 Å². The summed E-state index contributed by atoms with van der Waals surface area (Å²) < 4.78 is 29.5. The zero-order valence-electron chi connectivity index (χ0n) is 13.9. The van der Waals surface area contributed by atoms with Crippen molar-refractivity contribution >= 4 is 15.9 Å². The quantitative estimate of drug-likeness (QED) is 0.614. The van der Waals surface area contributed by atoms with Gasteiger partial charge in [-0.25, -0.2) is 8.42 Å². The van der Waals surface area contributed by atoms with E-state index in [-0.39, 0.29) is 25.4 Å². The third-order valence-electron chi connectivity index (χ3n) is 3.50. The van der Waals surface area contributed by atoms with E-state index in [0.29, 0.717) is 13.2 Å². The summed E-state index contributed by atoms with van der Waals surface area (Å²) in [5.74, 6) is -0.0786. The van der Waals surface area contributed by atoms with E-state index in [1.165, 1.54) is 11.4 Å². The number of carbonyl (C=O) groups is 1.